The molecule has 1 aliphatic heterocycles. The zero-order valence-corrected chi connectivity index (χ0v) is 15.1. The molecule has 0 bridgehead atoms. The molecule has 2 aromatic rings. The molecule has 0 saturated carbocycles. The third-order valence-electron chi connectivity index (χ3n) is 4.61. The molecule has 1 saturated heterocycles. The van der Waals surface area contributed by atoms with Crippen LogP contribution in [0.5, 0.6) is 0 Å². The Morgan fingerprint density at radius 2 is 1.68 bits per heavy atom. The lowest BCUT2D eigenvalue weighted by Crippen LogP contribution is -2.49. The highest BCUT2D eigenvalue weighted by Gasteiger charge is 2.22. The van der Waals surface area contributed by atoms with Gasteiger partial charge in [-0.3, -0.25) is 9.69 Å². The maximum absolute atomic E-state index is 12.6. The molecule has 0 radical (unpaired) electrons. The van der Waals surface area contributed by atoms with E-state index < -0.39 is 0 Å². The summed E-state index contributed by atoms with van der Waals surface area (Å²) in [5.41, 5.74) is 1.52. The van der Waals surface area contributed by atoms with Crippen molar-refractivity contribution in [3.05, 3.63) is 48.3 Å². The molecule has 0 spiro atoms. The number of piperazine rings is 1. The number of carbonyl (C=O) groups excluding carboxylic acids is 1. The van der Waals surface area contributed by atoms with Crippen molar-refractivity contribution in [3.63, 3.8) is 0 Å². The lowest BCUT2D eigenvalue weighted by Gasteiger charge is -2.35. The van der Waals surface area contributed by atoms with E-state index in [0.29, 0.717) is 11.4 Å². The molecule has 3 rings (SSSR count). The largest absolute Gasteiger partial charge is 0.336 e. The fourth-order valence-corrected chi connectivity index (χ4v) is 2.97. The highest BCUT2D eigenvalue weighted by Crippen LogP contribution is 2.15. The molecular weight excluding hydrogens is 312 g/mol. The van der Waals surface area contributed by atoms with Crippen molar-refractivity contribution in [2.75, 3.05) is 32.7 Å². The Morgan fingerprint density at radius 1 is 1.04 bits per heavy atom. The summed E-state index contributed by atoms with van der Waals surface area (Å²) in [5, 5.41) is 0. The first-order chi connectivity index (χ1) is 12.1. The predicted octanol–water partition coefficient (Wildman–Crippen LogP) is 2.95. The van der Waals surface area contributed by atoms with Crippen LogP contribution < -0.4 is 0 Å². The molecule has 0 unspecified atom stereocenters. The normalized spacial score (nSPS) is 15.6. The number of rotatable bonds is 5. The number of nitrogens with zero attached hydrogens (tertiary/aromatic N) is 4. The van der Waals surface area contributed by atoms with Gasteiger partial charge in [0.15, 0.2) is 5.82 Å². The minimum Gasteiger partial charge on any atom is -0.336 e. The molecule has 0 atom stereocenters. The van der Waals surface area contributed by atoms with E-state index in [-0.39, 0.29) is 5.91 Å². The van der Waals surface area contributed by atoms with Crippen LogP contribution in [-0.2, 0) is 0 Å². The quantitative estimate of drug-likeness (QED) is 0.841. The second-order valence-corrected chi connectivity index (χ2v) is 6.98. The summed E-state index contributed by atoms with van der Waals surface area (Å²) in [6, 6.07) is 9.80. The lowest BCUT2D eigenvalue weighted by molar-refractivity contribution is 0.0631. The van der Waals surface area contributed by atoms with E-state index in [1.54, 1.807) is 12.4 Å². The van der Waals surface area contributed by atoms with Crippen LogP contribution in [0.1, 0.15) is 30.6 Å². The SMILES string of the molecule is CC(C)CCN1CCN(C(=O)c2cnc(-c3ccccc3)nc2)CC1. The second kappa shape index (κ2) is 8.21. The summed E-state index contributed by atoms with van der Waals surface area (Å²) in [5.74, 6) is 1.40. The summed E-state index contributed by atoms with van der Waals surface area (Å²) in [4.78, 5) is 25.7. The van der Waals surface area contributed by atoms with Crippen molar-refractivity contribution in [1.82, 2.24) is 19.8 Å². The number of aromatic nitrogens is 2. The van der Waals surface area contributed by atoms with Gasteiger partial charge in [-0.25, -0.2) is 9.97 Å². The summed E-state index contributed by atoms with van der Waals surface area (Å²) >= 11 is 0. The lowest BCUT2D eigenvalue weighted by atomic mass is 10.1. The van der Waals surface area contributed by atoms with E-state index in [2.05, 4.69) is 28.7 Å². The number of benzene rings is 1. The second-order valence-electron chi connectivity index (χ2n) is 6.98. The van der Waals surface area contributed by atoms with Crippen molar-refractivity contribution in [3.8, 4) is 11.4 Å². The van der Waals surface area contributed by atoms with Crippen molar-refractivity contribution >= 4 is 5.91 Å². The first-order valence-corrected chi connectivity index (χ1v) is 9.02. The van der Waals surface area contributed by atoms with Gasteiger partial charge in [-0.15, -0.1) is 0 Å². The van der Waals surface area contributed by atoms with Gasteiger partial charge >= 0.3 is 0 Å². The Morgan fingerprint density at radius 3 is 2.28 bits per heavy atom. The van der Waals surface area contributed by atoms with Gasteiger partial charge in [0.1, 0.15) is 0 Å². The van der Waals surface area contributed by atoms with Crippen LogP contribution in [0.3, 0.4) is 0 Å². The first-order valence-electron chi connectivity index (χ1n) is 9.02. The van der Waals surface area contributed by atoms with E-state index in [0.717, 1.165) is 44.2 Å². The third-order valence-corrected chi connectivity index (χ3v) is 4.61. The molecule has 2 heterocycles. The Labute approximate surface area is 149 Å². The van der Waals surface area contributed by atoms with Gasteiger partial charge in [0.25, 0.3) is 5.91 Å². The van der Waals surface area contributed by atoms with Gasteiger partial charge in [-0.2, -0.15) is 0 Å². The standard InChI is InChI=1S/C20H26N4O/c1-16(2)8-9-23-10-12-24(13-11-23)20(25)18-14-21-19(22-15-18)17-6-4-3-5-7-17/h3-7,14-16H,8-13H2,1-2H3. The van der Waals surface area contributed by atoms with Gasteiger partial charge in [-0.05, 0) is 18.9 Å². The third kappa shape index (κ3) is 4.63. The Bertz CT molecular complexity index is 677. The van der Waals surface area contributed by atoms with E-state index in [1.807, 2.05) is 35.2 Å². The number of hydrogen-bond acceptors (Lipinski definition) is 4. The molecule has 5 heteroatoms. The molecule has 1 fully saturated rings. The van der Waals surface area contributed by atoms with Crippen LogP contribution in [0.15, 0.2) is 42.7 Å². The molecule has 5 nitrogen and oxygen atoms in total. The number of carbonyl (C=O) groups is 1. The predicted molar refractivity (Wildman–Crippen MR) is 99.3 cm³/mol. The van der Waals surface area contributed by atoms with E-state index in [1.165, 1.54) is 6.42 Å². The van der Waals surface area contributed by atoms with E-state index in [4.69, 9.17) is 0 Å². The highest BCUT2D eigenvalue weighted by molar-refractivity contribution is 5.93. The number of amides is 1. The highest BCUT2D eigenvalue weighted by atomic mass is 16.2. The minimum absolute atomic E-state index is 0.0307. The smallest absolute Gasteiger partial charge is 0.257 e. The summed E-state index contributed by atoms with van der Waals surface area (Å²) in [7, 11) is 0. The van der Waals surface area contributed by atoms with Crippen LogP contribution in [-0.4, -0.2) is 58.4 Å². The summed E-state index contributed by atoms with van der Waals surface area (Å²) < 4.78 is 0. The summed E-state index contributed by atoms with van der Waals surface area (Å²) in [6.45, 7) is 9.06. The van der Waals surface area contributed by atoms with Gasteiger partial charge < -0.3 is 4.90 Å². The zero-order chi connectivity index (χ0) is 17.6. The van der Waals surface area contributed by atoms with Gasteiger partial charge in [0, 0.05) is 44.1 Å². The Kier molecular flexibility index (Phi) is 5.76. The fourth-order valence-electron chi connectivity index (χ4n) is 2.97. The first kappa shape index (κ1) is 17.5. The topological polar surface area (TPSA) is 49.3 Å². The molecule has 0 aliphatic carbocycles. The molecule has 25 heavy (non-hydrogen) atoms. The average Bonchev–Trinajstić information content (AvgIpc) is 2.67. The van der Waals surface area contributed by atoms with Gasteiger partial charge in [0.2, 0.25) is 0 Å². The molecule has 1 aromatic carbocycles. The monoisotopic (exact) mass is 338 g/mol. The average molecular weight is 338 g/mol. The van der Waals surface area contributed by atoms with E-state index >= 15 is 0 Å². The maximum Gasteiger partial charge on any atom is 0.257 e. The van der Waals surface area contributed by atoms with Crippen molar-refractivity contribution in [2.24, 2.45) is 5.92 Å². The van der Waals surface area contributed by atoms with Gasteiger partial charge in [0.05, 0.1) is 5.56 Å². The maximum atomic E-state index is 12.6. The Balaban J connectivity index is 1.57. The summed E-state index contributed by atoms with van der Waals surface area (Å²) in [6.07, 6.45) is 4.49. The molecule has 1 aliphatic rings. The number of hydrogen-bond donors (Lipinski definition) is 0. The molecular formula is C20H26N4O. The minimum atomic E-state index is 0.0307. The Hall–Kier alpha value is -2.27. The van der Waals surface area contributed by atoms with Crippen LogP contribution in [0, 0.1) is 5.92 Å². The molecule has 1 amide bonds. The van der Waals surface area contributed by atoms with Crippen LogP contribution >= 0.6 is 0 Å². The molecule has 0 N–H and O–H groups in total. The van der Waals surface area contributed by atoms with Crippen molar-refractivity contribution in [2.45, 2.75) is 20.3 Å². The van der Waals surface area contributed by atoms with Crippen LogP contribution in [0.2, 0.25) is 0 Å². The zero-order valence-electron chi connectivity index (χ0n) is 15.1. The van der Waals surface area contributed by atoms with Crippen molar-refractivity contribution < 1.29 is 4.79 Å². The van der Waals surface area contributed by atoms with E-state index in [9.17, 15) is 4.79 Å². The van der Waals surface area contributed by atoms with Crippen molar-refractivity contribution in [1.29, 1.82) is 0 Å². The molecule has 132 valence electrons. The van der Waals surface area contributed by atoms with Crippen LogP contribution in [0.25, 0.3) is 11.4 Å². The van der Waals surface area contributed by atoms with Crippen LogP contribution in [0.4, 0.5) is 0 Å². The fraction of sp³-hybridized carbons (Fsp3) is 0.450. The molecule has 1 aromatic heterocycles. The van der Waals surface area contributed by atoms with Gasteiger partial charge in [-0.1, -0.05) is 44.2 Å².